The van der Waals surface area contributed by atoms with Gasteiger partial charge in [0.2, 0.25) is 0 Å². The van der Waals surface area contributed by atoms with Gasteiger partial charge in [0, 0.05) is 5.57 Å². The number of hydrogen-bond acceptors (Lipinski definition) is 3. The summed E-state index contributed by atoms with van der Waals surface area (Å²) < 4.78 is 4.71. The van der Waals surface area contributed by atoms with Gasteiger partial charge in [0.1, 0.15) is 0 Å². The third-order valence-electron chi connectivity index (χ3n) is 1.50. The molecule has 1 N–H and O–H groups in total. The smallest absolute Gasteiger partial charge is 0.330 e. The van der Waals surface area contributed by atoms with E-state index in [0.717, 1.165) is 0 Å². The zero-order valence-corrected chi connectivity index (χ0v) is 8.03. The summed E-state index contributed by atoms with van der Waals surface area (Å²) in [5.74, 6) is -1.92. The maximum absolute atomic E-state index is 11.0. The molecule has 0 aliphatic rings. The highest BCUT2D eigenvalue weighted by molar-refractivity contribution is 5.87. The molecular weight excluding hydrogens is 172 g/mol. The Kier molecular flexibility index (Phi) is 4.80. The van der Waals surface area contributed by atoms with Crippen LogP contribution in [-0.4, -0.2) is 23.7 Å². The van der Waals surface area contributed by atoms with Crippen molar-refractivity contribution in [2.24, 2.45) is 5.92 Å². The van der Waals surface area contributed by atoms with Gasteiger partial charge in [-0.3, -0.25) is 4.79 Å². The van der Waals surface area contributed by atoms with Gasteiger partial charge in [0.15, 0.2) is 0 Å². The van der Waals surface area contributed by atoms with Crippen LogP contribution in [0.25, 0.3) is 0 Å². The molecule has 4 nitrogen and oxygen atoms in total. The first-order chi connectivity index (χ1) is 5.99. The molecule has 1 unspecified atom stereocenters. The van der Waals surface area contributed by atoms with Gasteiger partial charge in [-0.05, 0) is 20.8 Å². The van der Waals surface area contributed by atoms with Gasteiger partial charge in [-0.25, -0.2) is 4.79 Å². The van der Waals surface area contributed by atoms with Crippen molar-refractivity contribution in [1.82, 2.24) is 0 Å². The van der Waals surface area contributed by atoms with E-state index in [0.29, 0.717) is 6.61 Å². The van der Waals surface area contributed by atoms with E-state index >= 15 is 0 Å². The van der Waals surface area contributed by atoms with Gasteiger partial charge < -0.3 is 9.84 Å². The first-order valence-corrected chi connectivity index (χ1v) is 4.07. The van der Waals surface area contributed by atoms with E-state index in [4.69, 9.17) is 9.84 Å². The van der Waals surface area contributed by atoms with Crippen LogP contribution in [0.5, 0.6) is 0 Å². The Morgan fingerprint density at radius 1 is 1.54 bits per heavy atom. The molecule has 0 spiro atoms. The van der Waals surface area contributed by atoms with Crippen molar-refractivity contribution >= 4 is 11.9 Å². The molecule has 0 aromatic heterocycles. The number of hydrogen-bond donors (Lipinski definition) is 1. The molecule has 1 atom stereocenters. The van der Waals surface area contributed by atoms with E-state index in [9.17, 15) is 9.59 Å². The third-order valence-corrected chi connectivity index (χ3v) is 1.50. The first kappa shape index (κ1) is 11.7. The van der Waals surface area contributed by atoms with Crippen LogP contribution < -0.4 is 0 Å². The van der Waals surface area contributed by atoms with E-state index in [2.05, 4.69) is 0 Å². The van der Waals surface area contributed by atoms with E-state index < -0.39 is 17.9 Å². The fourth-order valence-electron chi connectivity index (χ4n) is 0.788. The number of carbonyl (C=O) groups is 2. The number of ether oxygens (including phenoxy) is 1. The maximum Gasteiger partial charge on any atom is 0.330 e. The monoisotopic (exact) mass is 186 g/mol. The lowest BCUT2D eigenvalue weighted by atomic mass is 10.1. The Bertz CT molecular complexity index is 230. The molecular formula is C9H14O4. The summed E-state index contributed by atoms with van der Waals surface area (Å²) in [6.07, 6.45) is 1.38. The van der Waals surface area contributed by atoms with Crippen LogP contribution >= 0.6 is 0 Å². The second-order valence-corrected chi connectivity index (χ2v) is 2.70. The normalized spacial score (nSPS) is 13.6. The van der Waals surface area contributed by atoms with Crippen molar-refractivity contribution in [2.45, 2.75) is 20.8 Å². The van der Waals surface area contributed by atoms with Crippen LogP contribution in [0.15, 0.2) is 11.6 Å². The highest BCUT2D eigenvalue weighted by Gasteiger charge is 2.12. The molecule has 0 aromatic carbocycles. The largest absolute Gasteiger partial charge is 0.478 e. The number of esters is 1. The highest BCUT2D eigenvalue weighted by Crippen LogP contribution is 2.05. The standard InChI is InChI=1S/C9H14O4/c1-4-13-9(12)7(3)5-6(2)8(10)11/h5,7H,4H2,1-3H3,(H,10,11). The summed E-state index contributed by atoms with van der Waals surface area (Å²) in [7, 11) is 0. The van der Waals surface area contributed by atoms with Gasteiger partial charge in [-0.2, -0.15) is 0 Å². The topological polar surface area (TPSA) is 63.6 Å². The lowest BCUT2D eigenvalue weighted by molar-refractivity contribution is -0.145. The first-order valence-electron chi connectivity index (χ1n) is 4.07. The summed E-state index contributed by atoms with van der Waals surface area (Å²) >= 11 is 0. The molecule has 0 saturated carbocycles. The second-order valence-electron chi connectivity index (χ2n) is 2.70. The zero-order chi connectivity index (χ0) is 10.4. The quantitative estimate of drug-likeness (QED) is 0.529. The Hall–Kier alpha value is -1.32. The minimum Gasteiger partial charge on any atom is -0.478 e. The summed E-state index contributed by atoms with van der Waals surface area (Å²) in [5.41, 5.74) is 0.153. The Morgan fingerprint density at radius 3 is 2.46 bits per heavy atom. The fraction of sp³-hybridized carbons (Fsp3) is 0.556. The molecule has 0 rings (SSSR count). The lowest BCUT2D eigenvalue weighted by Gasteiger charge is -2.05. The van der Waals surface area contributed by atoms with Crippen molar-refractivity contribution in [3.8, 4) is 0 Å². The average Bonchev–Trinajstić information content (AvgIpc) is 2.04. The van der Waals surface area contributed by atoms with Crippen LogP contribution in [-0.2, 0) is 14.3 Å². The minimum absolute atomic E-state index is 0.153. The predicted octanol–water partition coefficient (Wildman–Crippen LogP) is 1.22. The zero-order valence-electron chi connectivity index (χ0n) is 8.03. The molecule has 13 heavy (non-hydrogen) atoms. The molecule has 74 valence electrons. The summed E-state index contributed by atoms with van der Waals surface area (Å²) in [6.45, 7) is 5.06. The molecule has 0 heterocycles. The molecule has 0 aliphatic heterocycles. The average molecular weight is 186 g/mol. The number of carboxylic acid groups (broad SMARTS) is 1. The van der Waals surface area contributed by atoms with Crippen LogP contribution in [0.2, 0.25) is 0 Å². The van der Waals surface area contributed by atoms with E-state index in [1.807, 2.05) is 0 Å². The van der Waals surface area contributed by atoms with Crippen LogP contribution in [0.3, 0.4) is 0 Å². The van der Waals surface area contributed by atoms with Crippen LogP contribution in [0, 0.1) is 5.92 Å². The molecule has 0 radical (unpaired) electrons. The predicted molar refractivity (Wildman–Crippen MR) is 47.2 cm³/mol. The minimum atomic E-state index is -1.02. The summed E-state index contributed by atoms with van der Waals surface area (Å²) in [4.78, 5) is 21.4. The number of carboxylic acids is 1. The summed E-state index contributed by atoms with van der Waals surface area (Å²) in [6, 6.07) is 0. The van der Waals surface area contributed by atoms with Crippen LogP contribution in [0.4, 0.5) is 0 Å². The van der Waals surface area contributed by atoms with Gasteiger partial charge >= 0.3 is 11.9 Å². The summed E-state index contributed by atoms with van der Waals surface area (Å²) in [5, 5.41) is 8.52. The molecule has 0 bridgehead atoms. The van der Waals surface area contributed by atoms with Crippen molar-refractivity contribution in [1.29, 1.82) is 0 Å². The van der Waals surface area contributed by atoms with Gasteiger partial charge in [-0.1, -0.05) is 6.08 Å². The van der Waals surface area contributed by atoms with Gasteiger partial charge in [0.25, 0.3) is 0 Å². The van der Waals surface area contributed by atoms with E-state index in [1.165, 1.54) is 13.0 Å². The number of aliphatic carboxylic acids is 1. The molecule has 0 fully saturated rings. The highest BCUT2D eigenvalue weighted by atomic mass is 16.5. The van der Waals surface area contributed by atoms with Crippen molar-refractivity contribution in [2.75, 3.05) is 6.61 Å². The fourth-order valence-corrected chi connectivity index (χ4v) is 0.788. The number of rotatable bonds is 4. The van der Waals surface area contributed by atoms with Crippen molar-refractivity contribution < 1.29 is 19.4 Å². The maximum atomic E-state index is 11.0. The third kappa shape index (κ3) is 4.30. The van der Waals surface area contributed by atoms with Crippen molar-refractivity contribution in [3.63, 3.8) is 0 Å². The molecule has 0 saturated heterocycles. The Balaban J connectivity index is 4.28. The Labute approximate surface area is 77.2 Å². The Morgan fingerprint density at radius 2 is 2.08 bits per heavy atom. The molecule has 0 aliphatic carbocycles. The SMILES string of the molecule is CCOC(=O)C(C)C=C(C)C(=O)O. The molecule has 4 heteroatoms. The number of carbonyl (C=O) groups excluding carboxylic acids is 1. The van der Waals surface area contributed by atoms with Crippen LogP contribution in [0.1, 0.15) is 20.8 Å². The van der Waals surface area contributed by atoms with E-state index in [1.54, 1.807) is 13.8 Å². The van der Waals surface area contributed by atoms with Crippen molar-refractivity contribution in [3.05, 3.63) is 11.6 Å². The molecule has 0 aromatic rings. The van der Waals surface area contributed by atoms with Gasteiger partial charge in [0.05, 0.1) is 12.5 Å². The molecule has 0 amide bonds. The lowest BCUT2D eigenvalue weighted by Crippen LogP contribution is -2.13. The van der Waals surface area contributed by atoms with Gasteiger partial charge in [-0.15, -0.1) is 0 Å². The van der Waals surface area contributed by atoms with E-state index in [-0.39, 0.29) is 5.57 Å². The second kappa shape index (κ2) is 5.35.